The molecule has 0 radical (unpaired) electrons. The Kier molecular flexibility index (Phi) is 13.1. The van der Waals surface area contributed by atoms with Gasteiger partial charge in [-0.2, -0.15) is 0 Å². The van der Waals surface area contributed by atoms with Crippen LogP contribution in [0.3, 0.4) is 0 Å². The van der Waals surface area contributed by atoms with Crippen LogP contribution >= 0.6 is 0 Å². The zero-order valence-corrected chi connectivity index (χ0v) is 35.8. The summed E-state index contributed by atoms with van der Waals surface area (Å²) in [6.07, 6.45) is 0. The lowest BCUT2D eigenvalue weighted by molar-refractivity contribution is 0.0676. The molecule has 0 bridgehead atoms. The van der Waals surface area contributed by atoms with E-state index in [1.165, 1.54) is 36.4 Å². The van der Waals surface area contributed by atoms with E-state index in [4.69, 9.17) is 0 Å². The van der Waals surface area contributed by atoms with Gasteiger partial charge in [0.1, 0.15) is 0 Å². The number of carboxylic acid groups (broad SMARTS) is 6. The summed E-state index contributed by atoms with van der Waals surface area (Å²) in [6.45, 7) is 11.6. The van der Waals surface area contributed by atoms with Crippen LogP contribution in [0.2, 0.25) is 0 Å². The quantitative estimate of drug-likeness (QED) is 0.0533. The highest BCUT2D eigenvalue weighted by molar-refractivity contribution is 6.96. The highest BCUT2D eigenvalue weighted by Crippen LogP contribution is 2.31. The fraction of sp³-hybridized carbons (Fsp3) is 0.176. The van der Waals surface area contributed by atoms with Crippen molar-refractivity contribution in [1.29, 1.82) is 0 Å². The molecule has 324 valence electrons. The van der Waals surface area contributed by atoms with Gasteiger partial charge in [-0.3, -0.25) is 0 Å². The smallest absolute Gasteiger partial charge is 0.335 e. The maximum Gasteiger partial charge on any atom is 0.335 e. The predicted octanol–water partition coefficient (Wildman–Crippen LogP) is 8.76. The zero-order valence-electron chi connectivity index (χ0n) is 35.8. The Balaban J connectivity index is 1.67. The van der Waals surface area contributed by atoms with Crippen molar-refractivity contribution < 1.29 is 59.4 Å². The Labute approximate surface area is 369 Å². The van der Waals surface area contributed by atoms with Gasteiger partial charge in [-0.1, -0.05) is 113 Å². The van der Waals surface area contributed by atoms with E-state index in [0.29, 0.717) is 33.4 Å². The van der Waals surface area contributed by atoms with Crippen LogP contribution in [0, 0.1) is 0 Å². The van der Waals surface area contributed by atoms with Gasteiger partial charge in [0.05, 0.1) is 33.4 Å². The molecular formula is C51H45BO12. The number of hydrogen-bond donors (Lipinski definition) is 6. The fourth-order valence-electron chi connectivity index (χ4n) is 8.18. The molecule has 0 atom stereocenters. The lowest BCUT2D eigenvalue weighted by atomic mass is 9.34. The predicted molar refractivity (Wildman–Crippen MR) is 244 cm³/mol. The molecule has 0 aliphatic rings. The van der Waals surface area contributed by atoms with Crippen molar-refractivity contribution in [2.45, 2.75) is 59.3 Å². The Bertz CT molecular complexity index is 2500. The van der Waals surface area contributed by atoms with E-state index in [1.54, 1.807) is 0 Å². The van der Waals surface area contributed by atoms with E-state index < -0.39 is 42.5 Å². The number of carbonyl (C=O) groups is 6. The third-order valence-electron chi connectivity index (χ3n) is 11.3. The molecular weight excluding hydrogens is 815 g/mol. The van der Waals surface area contributed by atoms with Gasteiger partial charge in [-0.15, -0.1) is 0 Å². The molecule has 0 aromatic heterocycles. The number of rotatable bonds is 15. The average Bonchev–Trinajstić information content (AvgIpc) is 3.25. The number of hydrogen-bond acceptors (Lipinski definition) is 6. The van der Waals surface area contributed by atoms with Crippen LogP contribution in [0.15, 0.2) is 109 Å². The van der Waals surface area contributed by atoms with Gasteiger partial charge in [0.2, 0.25) is 6.71 Å². The summed E-state index contributed by atoms with van der Waals surface area (Å²) < 4.78 is 0. The summed E-state index contributed by atoms with van der Waals surface area (Å²) in [5.41, 5.74) is 7.13. The molecule has 64 heavy (non-hydrogen) atoms. The molecule has 6 rings (SSSR count). The second-order valence-corrected chi connectivity index (χ2v) is 16.7. The van der Waals surface area contributed by atoms with E-state index in [9.17, 15) is 59.4 Å². The van der Waals surface area contributed by atoms with Crippen LogP contribution in [-0.4, -0.2) is 73.2 Å². The lowest BCUT2D eigenvalue weighted by Crippen LogP contribution is -2.56. The molecule has 6 aromatic rings. The highest BCUT2D eigenvalue weighted by atomic mass is 16.4. The zero-order chi connectivity index (χ0) is 46.9. The Morgan fingerprint density at radius 2 is 0.516 bits per heavy atom. The average molecular weight is 861 g/mol. The van der Waals surface area contributed by atoms with Crippen molar-refractivity contribution in [3.8, 4) is 33.4 Å². The molecule has 0 fully saturated rings. The normalized spacial score (nSPS) is 11.2. The summed E-state index contributed by atoms with van der Waals surface area (Å²) in [5.74, 6) is -8.02. The molecule has 0 saturated heterocycles. The molecule has 0 heterocycles. The minimum atomic E-state index is -1.28. The lowest BCUT2D eigenvalue weighted by Gasteiger charge is -2.28. The third kappa shape index (κ3) is 9.48. The number of carboxylic acids is 6. The molecule has 0 unspecified atom stereocenters. The first-order chi connectivity index (χ1) is 30.1. The fourth-order valence-corrected chi connectivity index (χ4v) is 8.18. The van der Waals surface area contributed by atoms with E-state index in [1.807, 2.05) is 96.1 Å². The van der Waals surface area contributed by atoms with Crippen LogP contribution < -0.4 is 16.4 Å². The molecule has 13 heteroatoms. The topological polar surface area (TPSA) is 224 Å². The van der Waals surface area contributed by atoms with Crippen LogP contribution in [0.4, 0.5) is 0 Å². The molecule has 6 aromatic carbocycles. The van der Waals surface area contributed by atoms with Gasteiger partial charge >= 0.3 is 35.8 Å². The third-order valence-corrected chi connectivity index (χ3v) is 11.3. The maximum atomic E-state index is 12.1. The van der Waals surface area contributed by atoms with E-state index in [2.05, 4.69) is 0 Å². The van der Waals surface area contributed by atoms with Gasteiger partial charge in [0.15, 0.2) is 0 Å². The largest absolute Gasteiger partial charge is 0.478 e. The number of benzene rings is 6. The van der Waals surface area contributed by atoms with Crippen molar-refractivity contribution in [2.75, 3.05) is 0 Å². The molecule has 0 aliphatic carbocycles. The molecule has 6 N–H and O–H groups in total. The Hall–Kier alpha value is -7.80. The van der Waals surface area contributed by atoms with Gasteiger partial charge in [0.25, 0.3) is 0 Å². The summed E-state index contributed by atoms with van der Waals surface area (Å²) in [4.78, 5) is 72.5. The molecule has 0 aliphatic heterocycles. The Morgan fingerprint density at radius 1 is 0.312 bits per heavy atom. The summed E-state index contributed by atoms with van der Waals surface area (Å²) in [6, 6.07) is 29.0. The standard InChI is InChI=1S/C51H45BO12/c1-25(2)40-22-28(31-13-34(46(53)54)19-35(14-31)47(55)56)7-10-43(40)52(44-11-8-29(23-41(44)26(3)4)32-15-36(48(57)58)20-37(16-32)49(59)60)45-12-9-30(24-42(45)27(5)6)33-17-38(50(61)62)21-39(18-33)51(63)64/h7-27H,1-6H3,(H,53,54)(H,55,56)(H,57,58)(H,59,60)(H,61,62)(H,63,64). The summed E-state index contributed by atoms with van der Waals surface area (Å²) in [5, 5.41) is 59.1. The molecule has 0 amide bonds. The first-order valence-electron chi connectivity index (χ1n) is 20.4. The first kappa shape index (κ1) is 45.7. The van der Waals surface area contributed by atoms with E-state index in [0.717, 1.165) is 51.3 Å². The Morgan fingerprint density at radius 3 is 0.688 bits per heavy atom. The van der Waals surface area contributed by atoms with Crippen molar-refractivity contribution in [3.63, 3.8) is 0 Å². The minimum absolute atomic E-state index is 0.121. The van der Waals surface area contributed by atoms with Crippen LogP contribution in [-0.2, 0) is 0 Å². The van der Waals surface area contributed by atoms with E-state index in [-0.39, 0.29) is 51.1 Å². The second-order valence-electron chi connectivity index (χ2n) is 16.7. The van der Waals surface area contributed by atoms with Crippen molar-refractivity contribution >= 4 is 58.9 Å². The summed E-state index contributed by atoms with van der Waals surface area (Å²) >= 11 is 0. The second kappa shape index (κ2) is 18.3. The number of aromatic carboxylic acids is 6. The highest BCUT2D eigenvalue weighted by Gasteiger charge is 2.32. The molecule has 0 saturated carbocycles. The van der Waals surface area contributed by atoms with Gasteiger partial charge < -0.3 is 30.6 Å². The van der Waals surface area contributed by atoms with Gasteiger partial charge in [0, 0.05) is 0 Å². The summed E-state index contributed by atoms with van der Waals surface area (Å²) in [7, 11) is 0. The first-order valence-corrected chi connectivity index (χ1v) is 20.4. The van der Waals surface area contributed by atoms with Crippen molar-refractivity contribution in [2.24, 2.45) is 0 Å². The molecule has 0 spiro atoms. The molecule has 12 nitrogen and oxygen atoms in total. The van der Waals surface area contributed by atoms with Crippen LogP contribution in [0.25, 0.3) is 33.4 Å². The minimum Gasteiger partial charge on any atom is -0.478 e. The van der Waals surface area contributed by atoms with Crippen molar-refractivity contribution in [1.82, 2.24) is 0 Å². The monoisotopic (exact) mass is 860 g/mol. The van der Waals surface area contributed by atoms with E-state index >= 15 is 0 Å². The maximum absolute atomic E-state index is 12.1. The van der Waals surface area contributed by atoms with Gasteiger partial charge in [-0.25, -0.2) is 28.8 Å². The van der Waals surface area contributed by atoms with Gasteiger partial charge in [-0.05, 0) is 122 Å². The van der Waals surface area contributed by atoms with Crippen molar-refractivity contribution in [3.05, 3.63) is 159 Å². The SMILES string of the molecule is CC(C)c1cc(-c2cc(C(=O)O)cc(C(=O)O)c2)ccc1B(c1ccc(-c2cc(C(=O)O)cc(C(=O)O)c2)cc1C(C)C)c1ccc(-c2cc(C(=O)O)cc(C(=O)O)c2)cc1C(C)C. The van der Waals surface area contributed by atoms with Crippen LogP contribution in [0.1, 0.15) is 138 Å². The van der Waals surface area contributed by atoms with Crippen LogP contribution in [0.5, 0.6) is 0 Å².